The summed E-state index contributed by atoms with van der Waals surface area (Å²) in [6, 6.07) is 12.2. The number of hydrogen-bond donors (Lipinski definition) is 0. The Kier molecular flexibility index (Phi) is 8.45. The zero-order valence-corrected chi connectivity index (χ0v) is 15.1. The molecule has 2 aromatic carbocycles. The lowest BCUT2D eigenvalue weighted by atomic mass is 10.0. The molecule has 0 aliphatic heterocycles. The minimum atomic E-state index is -2.93. The van der Waals surface area contributed by atoms with Crippen molar-refractivity contribution in [1.29, 1.82) is 0 Å². The van der Waals surface area contributed by atoms with Gasteiger partial charge in [0.25, 0.3) is 0 Å². The van der Waals surface area contributed by atoms with Crippen molar-refractivity contribution in [3.63, 3.8) is 0 Å². The van der Waals surface area contributed by atoms with Gasteiger partial charge in [-0.15, -0.1) is 0 Å². The van der Waals surface area contributed by atoms with Gasteiger partial charge in [-0.1, -0.05) is 25.1 Å². The quantitative estimate of drug-likeness (QED) is 0.315. The minimum Gasteiger partial charge on any atom is -0.491 e. The van der Waals surface area contributed by atoms with Gasteiger partial charge in [0.1, 0.15) is 24.4 Å². The van der Waals surface area contributed by atoms with Crippen LogP contribution < -0.4 is 9.47 Å². The Morgan fingerprint density at radius 1 is 1.00 bits per heavy atom. The number of benzene rings is 2. The van der Waals surface area contributed by atoms with Crippen LogP contribution in [-0.4, -0.2) is 32.7 Å². The molecule has 144 valence electrons. The molecule has 0 atom stereocenters. The van der Waals surface area contributed by atoms with Crippen LogP contribution in [0.5, 0.6) is 11.5 Å². The third kappa shape index (κ3) is 6.83. The molecular weight excluding hydrogens is 354 g/mol. The average molecular weight is 376 g/mol. The Labute approximate surface area is 157 Å². The number of alkyl halides is 2. The normalized spacial score (nSPS) is 11.1. The van der Waals surface area contributed by atoms with E-state index >= 15 is 0 Å². The molecule has 2 aromatic rings. The molecule has 0 aliphatic rings. The molecule has 0 fully saturated rings. The molecule has 0 saturated carbocycles. The van der Waals surface area contributed by atoms with Crippen molar-refractivity contribution in [2.75, 3.05) is 19.8 Å². The number of aldehydes is 1. The van der Waals surface area contributed by atoms with Gasteiger partial charge in [-0.2, -0.15) is 8.78 Å². The Balaban J connectivity index is 2.10. The molecule has 2 rings (SSSR count). The summed E-state index contributed by atoms with van der Waals surface area (Å²) in [6.07, 6.45) is 4.21. The predicted molar refractivity (Wildman–Crippen MR) is 100 cm³/mol. The lowest BCUT2D eigenvalue weighted by Crippen LogP contribution is -2.06. The largest absolute Gasteiger partial charge is 0.491 e. The summed E-state index contributed by atoms with van der Waals surface area (Å²) in [5.41, 5.74) is 2.09. The highest BCUT2D eigenvalue weighted by atomic mass is 19.3. The Morgan fingerprint density at radius 2 is 1.74 bits per heavy atom. The SMILES string of the molecule is CCCOCCOc1ccc(-c2ccc(OC(F)F)c(/C=C/C=O)c2)cc1. The summed E-state index contributed by atoms with van der Waals surface area (Å²) in [5.74, 6) is 0.733. The number of allylic oxidation sites excluding steroid dienone is 1. The third-order valence-corrected chi connectivity index (χ3v) is 3.61. The average Bonchev–Trinajstić information content (AvgIpc) is 2.67. The van der Waals surface area contributed by atoms with E-state index in [4.69, 9.17) is 9.47 Å². The van der Waals surface area contributed by atoms with Gasteiger partial charge in [-0.25, -0.2) is 0 Å². The molecule has 0 aliphatic carbocycles. The van der Waals surface area contributed by atoms with Crippen LogP contribution in [0, 0.1) is 0 Å². The number of rotatable bonds is 11. The summed E-state index contributed by atoms with van der Waals surface area (Å²) < 4.78 is 40.5. The third-order valence-electron chi connectivity index (χ3n) is 3.61. The predicted octanol–water partition coefficient (Wildman–Crippen LogP) is 4.97. The van der Waals surface area contributed by atoms with E-state index in [-0.39, 0.29) is 5.75 Å². The highest BCUT2D eigenvalue weighted by Gasteiger charge is 2.10. The van der Waals surface area contributed by atoms with Crippen LogP contribution in [0.3, 0.4) is 0 Å². The van der Waals surface area contributed by atoms with E-state index < -0.39 is 6.61 Å². The van der Waals surface area contributed by atoms with Gasteiger partial charge in [-0.3, -0.25) is 4.79 Å². The first-order valence-electron chi connectivity index (χ1n) is 8.65. The van der Waals surface area contributed by atoms with Crippen molar-refractivity contribution in [2.24, 2.45) is 0 Å². The van der Waals surface area contributed by atoms with E-state index in [2.05, 4.69) is 4.74 Å². The van der Waals surface area contributed by atoms with Gasteiger partial charge in [0, 0.05) is 12.2 Å². The minimum absolute atomic E-state index is 0.0129. The van der Waals surface area contributed by atoms with E-state index in [0.717, 1.165) is 23.3 Å². The highest BCUT2D eigenvalue weighted by Crippen LogP contribution is 2.29. The van der Waals surface area contributed by atoms with Crippen LogP contribution in [0.15, 0.2) is 48.5 Å². The number of carbonyl (C=O) groups excluding carboxylic acids is 1. The summed E-state index contributed by atoms with van der Waals surface area (Å²) in [7, 11) is 0. The molecule has 0 saturated heterocycles. The van der Waals surface area contributed by atoms with Crippen LogP contribution in [0.1, 0.15) is 18.9 Å². The molecule has 0 unspecified atom stereocenters. The Bertz CT molecular complexity index is 742. The lowest BCUT2D eigenvalue weighted by Gasteiger charge is -2.11. The molecule has 0 radical (unpaired) electrons. The van der Waals surface area contributed by atoms with Gasteiger partial charge in [-0.05, 0) is 54.0 Å². The van der Waals surface area contributed by atoms with E-state index in [1.807, 2.05) is 31.2 Å². The summed E-state index contributed by atoms with van der Waals surface area (Å²) >= 11 is 0. The second-order valence-electron chi connectivity index (χ2n) is 5.61. The maximum atomic E-state index is 12.5. The molecule has 0 bridgehead atoms. The van der Waals surface area contributed by atoms with Gasteiger partial charge >= 0.3 is 6.61 Å². The van der Waals surface area contributed by atoms with Crippen LogP contribution in [0.4, 0.5) is 8.78 Å². The molecule has 0 amide bonds. The summed E-state index contributed by atoms with van der Waals surface area (Å²) in [6.45, 7) is 0.838. The van der Waals surface area contributed by atoms with Gasteiger partial charge in [0.2, 0.25) is 0 Å². The highest BCUT2D eigenvalue weighted by molar-refractivity contribution is 5.78. The molecule has 6 heteroatoms. The van der Waals surface area contributed by atoms with Crippen molar-refractivity contribution in [3.8, 4) is 22.6 Å². The van der Waals surface area contributed by atoms with Crippen LogP contribution in [0.25, 0.3) is 17.2 Å². The van der Waals surface area contributed by atoms with E-state index in [9.17, 15) is 13.6 Å². The van der Waals surface area contributed by atoms with Crippen molar-refractivity contribution in [3.05, 3.63) is 54.1 Å². The van der Waals surface area contributed by atoms with Crippen molar-refractivity contribution in [1.82, 2.24) is 0 Å². The molecule has 27 heavy (non-hydrogen) atoms. The fourth-order valence-electron chi connectivity index (χ4n) is 2.41. The topological polar surface area (TPSA) is 44.8 Å². The molecule has 0 N–H and O–H groups in total. The molecule has 0 spiro atoms. The second-order valence-corrected chi connectivity index (χ2v) is 5.61. The maximum Gasteiger partial charge on any atom is 0.387 e. The maximum absolute atomic E-state index is 12.5. The van der Waals surface area contributed by atoms with Gasteiger partial charge in [0.15, 0.2) is 0 Å². The van der Waals surface area contributed by atoms with Crippen LogP contribution in [0.2, 0.25) is 0 Å². The second kappa shape index (κ2) is 11.1. The molecule has 0 heterocycles. The first-order chi connectivity index (χ1) is 13.1. The summed E-state index contributed by atoms with van der Waals surface area (Å²) in [5, 5.41) is 0. The molecular formula is C21H22F2O4. The molecule has 4 nitrogen and oxygen atoms in total. The monoisotopic (exact) mass is 376 g/mol. The van der Waals surface area contributed by atoms with E-state index in [1.54, 1.807) is 12.1 Å². The standard InChI is InChI=1S/C21H22F2O4/c1-2-12-25-13-14-26-19-8-5-16(6-9-19)17-7-10-20(27-21(22)23)18(15-17)4-3-11-24/h3-11,15,21H,2,12-14H2,1H3/b4-3+. The summed E-state index contributed by atoms with van der Waals surface area (Å²) in [4.78, 5) is 10.5. The fourth-order valence-corrected chi connectivity index (χ4v) is 2.41. The Morgan fingerprint density at radius 3 is 2.41 bits per heavy atom. The zero-order valence-electron chi connectivity index (χ0n) is 15.1. The van der Waals surface area contributed by atoms with Crippen molar-refractivity contribution in [2.45, 2.75) is 20.0 Å². The Hall–Kier alpha value is -2.73. The van der Waals surface area contributed by atoms with Crippen molar-refractivity contribution >= 4 is 12.4 Å². The van der Waals surface area contributed by atoms with Crippen LogP contribution in [-0.2, 0) is 9.53 Å². The smallest absolute Gasteiger partial charge is 0.387 e. The first-order valence-corrected chi connectivity index (χ1v) is 8.65. The first kappa shape index (κ1) is 20.6. The van der Waals surface area contributed by atoms with E-state index in [0.29, 0.717) is 31.7 Å². The number of halogens is 2. The molecule has 0 aromatic heterocycles. The fraction of sp³-hybridized carbons (Fsp3) is 0.286. The number of hydrogen-bond acceptors (Lipinski definition) is 4. The van der Waals surface area contributed by atoms with E-state index in [1.165, 1.54) is 18.2 Å². The number of carbonyl (C=O) groups is 1. The number of ether oxygens (including phenoxy) is 3. The van der Waals surface area contributed by atoms with Gasteiger partial charge in [0.05, 0.1) is 6.61 Å². The van der Waals surface area contributed by atoms with Gasteiger partial charge < -0.3 is 14.2 Å². The lowest BCUT2D eigenvalue weighted by molar-refractivity contribution is -0.104. The van der Waals surface area contributed by atoms with Crippen molar-refractivity contribution < 1.29 is 27.8 Å². The zero-order chi connectivity index (χ0) is 19.5. The van der Waals surface area contributed by atoms with Crippen LogP contribution >= 0.6 is 0 Å².